The van der Waals surface area contributed by atoms with Gasteiger partial charge < -0.3 is 10.1 Å². The van der Waals surface area contributed by atoms with E-state index in [-0.39, 0.29) is 28.4 Å². The van der Waals surface area contributed by atoms with Crippen LogP contribution < -0.4 is 4.90 Å². The van der Waals surface area contributed by atoms with Crippen LogP contribution in [0.15, 0.2) is 102 Å². The second-order valence-corrected chi connectivity index (χ2v) is 13.3. The molecule has 4 rings (SSSR count). The Morgan fingerprint density at radius 2 is 1.47 bits per heavy atom. The zero-order valence-electron chi connectivity index (χ0n) is 24.7. The summed E-state index contributed by atoms with van der Waals surface area (Å²) in [5, 5.41) is 17.9. The van der Waals surface area contributed by atoms with E-state index in [1.807, 2.05) is 66.7 Å². The molecular formula is C34H37N3O5S. The molecule has 0 saturated carbocycles. The molecule has 4 aromatic carbocycles. The van der Waals surface area contributed by atoms with Gasteiger partial charge in [-0.05, 0) is 93.3 Å². The standard InChI is InChI=1S/C34H37N3O5S/c1-23(37(33(39)42-34(2,3)4)28-18-15-25-12-8-9-13-27(25)22-28)31(38)26-16-19-29(20-17-26)43(40,41)32(36)30(35)21-14-24-10-6-5-7-11-24/h5-13,15-20,22-23,35-36,40-41H,14,21H2,1-4H3/t23-/m0/s1. The van der Waals surface area contributed by atoms with Crippen LogP contribution in [0.5, 0.6) is 0 Å². The van der Waals surface area contributed by atoms with Crippen LogP contribution in [-0.2, 0) is 11.2 Å². The molecule has 9 heteroatoms. The van der Waals surface area contributed by atoms with Gasteiger partial charge in [0.15, 0.2) is 10.8 Å². The van der Waals surface area contributed by atoms with Crippen LogP contribution in [0.2, 0.25) is 0 Å². The van der Waals surface area contributed by atoms with Crippen molar-refractivity contribution in [1.29, 1.82) is 10.8 Å². The van der Waals surface area contributed by atoms with Crippen LogP contribution >= 0.6 is 10.6 Å². The lowest BCUT2D eigenvalue weighted by atomic mass is 10.0. The van der Waals surface area contributed by atoms with Gasteiger partial charge in [0.2, 0.25) is 0 Å². The molecule has 4 aromatic rings. The largest absolute Gasteiger partial charge is 0.443 e. The Balaban J connectivity index is 1.55. The number of Topliss-reactive ketones (excluding diaryl/α,β-unsaturated/α-hetero) is 1. The van der Waals surface area contributed by atoms with Gasteiger partial charge in [0.1, 0.15) is 11.6 Å². The van der Waals surface area contributed by atoms with Crippen LogP contribution in [0, 0.1) is 10.8 Å². The zero-order chi connectivity index (χ0) is 31.4. The Labute approximate surface area is 253 Å². The van der Waals surface area contributed by atoms with Crippen molar-refractivity contribution in [2.75, 3.05) is 4.90 Å². The van der Waals surface area contributed by atoms with E-state index in [9.17, 15) is 18.7 Å². The zero-order valence-corrected chi connectivity index (χ0v) is 25.5. The lowest BCUT2D eigenvalue weighted by Gasteiger charge is -2.33. The van der Waals surface area contributed by atoms with Gasteiger partial charge in [-0.1, -0.05) is 60.7 Å². The molecule has 1 amide bonds. The minimum atomic E-state index is -3.76. The number of fused-ring (bicyclic) bond motifs is 1. The fourth-order valence-corrected chi connectivity index (χ4v) is 5.81. The summed E-state index contributed by atoms with van der Waals surface area (Å²) >= 11 is 0. The summed E-state index contributed by atoms with van der Waals surface area (Å²) in [6.45, 7) is 6.89. The van der Waals surface area contributed by atoms with E-state index >= 15 is 0 Å². The third kappa shape index (κ3) is 7.56. The van der Waals surface area contributed by atoms with Crippen LogP contribution in [0.25, 0.3) is 10.8 Å². The number of nitrogens with zero attached hydrogens (tertiary/aromatic N) is 1. The molecule has 1 atom stereocenters. The maximum absolute atomic E-state index is 13.7. The Morgan fingerprint density at radius 3 is 2.09 bits per heavy atom. The highest BCUT2D eigenvalue weighted by atomic mass is 32.3. The summed E-state index contributed by atoms with van der Waals surface area (Å²) in [5.74, 6) is -0.382. The Hall–Kier alpha value is -4.31. The van der Waals surface area contributed by atoms with Crippen molar-refractivity contribution in [3.63, 3.8) is 0 Å². The Morgan fingerprint density at radius 1 is 0.860 bits per heavy atom. The first-order valence-corrected chi connectivity index (χ1v) is 15.5. The third-order valence-electron chi connectivity index (χ3n) is 6.90. The van der Waals surface area contributed by atoms with Gasteiger partial charge in [0, 0.05) is 11.3 Å². The van der Waals surface area contributed by atoms with Crippen molar-refractivity contribution < 1.29 is 23.4 Å². The molecule has 0 aromatic heterocycles. The monoisotopic (exact) mass is 599 g/mol. The molecule has 0 fully saturated rings. The quantitative estimate of drug-likeness (QED) is 0.0868. The predicted octanol–water partition coefficient (Wildman–Crippen LogP) is 8.59. The van der Waals surface area contributed by atoms with E-state index in [1.165, 1.54) is 29.2 Å². The van der Waals surface area contributed by atoms with Gasteiger partial charge in [-0.2, -0.15) is 0 Å². The molecule has 0 spiro atoms. The molecule has 43 heavy (non-hydrogen) atoms. The lowest BCUT2D eigenvalue weighted by Crippen LogP contribution is -2.46. The maximum Gasteiger partial charge on any atom is 0.415 e. The third-order valence-corrected chi connectivity index (χ3v) is 8.65. The van der Waals surface area contributed by atoms with Crippen molar-refractivity contribution in [2.24, 2.45) is 0 Å². The van der Waals surface area contributed by atoms with Crippen LogP contribution in [0.4, 0.5) is 10.5 Å². The Kier molecular flexibility index (Phi) is 9.49. The number of carbonyl (C=O) groups excluding carboxylic acids is 2. The minimum absolute atomic E-state index is 0.0321. The molecule has 0 saturated heterocycles. The van der Waals surface area contributed by atoms with Crippen LogP contribution in [0.3, 0.4) is 0 Å². The topological polar surface area (TPSA) is 135 Å². The van der Waals surface area contributed by atoms with Crippen LogP contribution in [0.1, 0.15) is 50.0 Å². The van der Waals surface area contributed by atoms with E-state index < -0.39 is 33.4 Å². The molecule has 0 aliphatic heterocycles. The van der Waals surface area contributed by atoms with E-state index in [4.69, 9.17) is 15.6 Å². The SMILES string of the molecule is C[C@@H](C(=O)c1ccc(S(O)(O)C(=N)C(=N)CCc2ccccc2)cc1)N(C(=O)OC(C)(C)C)c1ccc2ccccc2c1. The van der Waals surface area contributed by atoms with Gasteiger partial charge in [-0.25, -0.2) is 4.79 Å². The number of ether oxygens (including phenoxy) is 1. The predicted molar refractivity (Wildman–Crippen MR) is 174 cm³/mol. The van der Waals surface area contributed by atoms with E-state index in [1.54, 1.807) is 33.8 Å². The Bertz CT molecular complexity index is 1650. The number of amides is 1. The van der Waals surface area contributed by atoms with E-state index in [0.29, 0.717) is 12.1 Å². The molecule has 0 bridgehead atoms. The number of hydrogen-bond acceptors (Lipinski definition) is 7. The molecule has 0 unspecified atom stereocenters. The van der Waals surface area contributed by atoms with Gasteiger partial charge in [0.05, 0.1) is 10.6 Å². The summed E-state index contributed by atoms with van der Waals surface area (Å²) in [6.07, 6.45) is 0.00737. The van der Waals surface area contributed by atoms with Crippen molar-refractivity contribution in [1.82, 2.24) is 0 Å². The number of rotatable bonds is 9. The van der Waals surface area contributed by atoms with E-state index in [0.717, 1.165) is 16.3 Å². The van der Waals surface area contributed by atoms with Gasteiger partial charge >= 0.3 is 6.09 Å². The second kappa shape index (κ2) is 12.9. The molecule has 4 N–H and O–H groups in total. The van der Waals surface area contributed by atoms with E-state index in [2.05, 4.69) is 0 Å². The molecule has 0 aliphatic carbocycles. The van der Waals surface area contributed by atoms with Crippen molar-refractivity contribution in [3.8, 4) is 0 Å². The molecule has 8 nitrogen and oxygen atoms in total. The van der Waals surface area contributed by atoms with Gasteiger partial charge in [0.25, 0.3) is 0 Å². The number of carbonyl (C=O) groups is 2. The van der Waals surface area contributed by atoms with Crippen molar-refractivity contribution in [2.45, 2.75) is 57.1 Å². The highest BCUT2D eigenvalue weighted by Crippen LogP contribution is 2.49. The number of benzene rings is 4. The number of anilines is 1. The van der Waals surface area contributed by atoms with Gasteiger partial charge in [-0.3, -0.25) is 24.2 Å². The summed E-state index contributed by atoms with van der Waals surface area (Å²) in [7, 11) is -3.76. The van der Waals surface area contributed by atoms with Crippen molar-refractivity contribution >= 4 is 49.7 Å². The summed E-state index contributed by atoms with van der Waals surface area (Å²) < 4.78 is 27.4. The second-order valence-electron chi connectivity index (χ2n) is 11.3. The summed E-state index contributed by atoms with van der Waals surface area (Å²) in [4.78, 5) is 28.4. The molecule has 0 heterocycles. The number of ketones is 1. The summed E-state index contributed by atoms with van der Waals surface area (Å²) in [6, 6.07) is 27.4. The first-order valence-electron chi connectivity index (χ1n) is 13.9. The van der Waals surface area contributed by atoms with Crippen molar-refractivity contribution in [3.05, 3.63) is 108 Å². The molecule has 224 valence electrons. The normalized spacial score (nSPS) is 12.8. The smallest absolute Gasteiger partial charge is 0.415 e. The first-order chi connectivity index (χ1) is 20.3. The average Bonchev–Trinajstić information content (AvgIpc) is 2.98. The molecule has 0 radical (unpaired) electrons. The highest BCUT2D eigenvalue weighted by Gasteiger charge is 2.32. The fraction of sp³-hybridized carbons (Fsp3) is 0.235. The lowest BCUT2D eigenvalue weighted by molar-refractivity contribution is 0.0557. The molecule has 0 aliphatic rings. The fourth-order valence-electron chi connectivity index (χ4n) is 4.61. The minimum Gasteiger partial charge on any atom is -0.443 e. The van der Waals surface area contributed by atoms with Gasteiger partial charge in [-0.15, -0.1) is 10.6 Å². The number of hydrogen-bond donors (Lipinski definition) is 4. The number of aryl methyl sites for hydroxylation is 1. The highest BCUT2D eigenvalue weighted by molar-refractivity contribution is 8.38. The number of nitrogens with one attached hydrogen (secondary N) is 2. The maximum atomic E-state index is 13.7. The summed E-state index contributed by atoms with van der Waals surface area (Å²) in [5.41, 5.74) is 0.775. The molecular weight excluding hydrogens is 562 g/mol. The average molecular weight is 600 g/mol. The first kappa shape index (κ1) is 31.6. The van der Waals surface area contributed by atoms with Crippen LogP contribution in [-0.4, -0.2) is 43.4 Å².